The van der Waals surface area contributed by atoms with Crippen molar-refractivity contribution >= 4 is 43.0 Å². The highest BCUT2D eigenvalue weighted by molar-refractivity contribution is 9.10. The van der Waals surface area contributed by atoms with Crippen molar-refractivity contribution in [2.45, 2.75) is 13.1 Å². The van der Waals surface area contributed by atoms with Crippen molar-refractivity contribution in [2.24, 2.45) is 0 Å². The van der Waals surface area contributed by atoms with E-state index >= 15 is 0 Å². The molecular weight excluding hydrogens is 512 g/mol. The number of rotatable bonds is 4. The second-order valence-corrected chi connectivity index (χ2v) is 8.56. The normalized spacial score (nSPS) is 11.4. The van der Waals surface area contributed by atoms with Crippen LogP contribution in [0.1, 0.15) is 11.1 Å². The highest BCUT2D eigenvalue weighted by Crippen LogP contribution is 2.25. The fraction of sp³-hybridized carbons (Fsp3) is 0.0952. The Hall–Kier alpha value is -2.91. The summed E-state index contributed by atoms with van der Waals surface area (Å²) in [7, 11) is 0. The lowest BCUT2D eigenvalue weighted by atomic mass is 10.2. The van der Waals surface area contributed by atoms with E-state index in [1.807, 2.05) is 53.1 Å². The summed E-state index contributed by atoms with van der Waals surface area (Å²) in [5.41, 5.74) is 3.34. The Bertz CT molecular complexity index is 1410. The van der Waals surface area contributed by atoms with E-state index in [2.05, 4.69) is 51.8 Å². The summed E-state index contributed by atoms with van der Waals surface area (Å²) in [5.74, 6) is 0.466. The Morgan fingerprint density at radius 1 is 0.933 bits per heavy atom. The molecule has 1 aromatic heterocycles. The molecule has 9 heteroatoms. The molecule has 0 atom stereocenters. The molecular formula is C21H14Br2N6O. The molecule has 0 saturated heterocycles. The smallest absolute Gasteiger partial charge is 0.311 e. The van der Waals surface area contributed by atoms with E-state index in [1.54, 1.807) is 10.9 Å². The summed E-state index contributed by atoms with van der Waals surface area (Å²) in [6.45, 7) is 0.949. The topological polar surface area (TPSA) is 78.5 Å². The lowest BCUT2D eigenvalue weighted by Gasteiger charge is -2.05. The van der Waals surface area contributed by atoms with Gasteiger partial charge in [-0.05, 0) is 29.3 Å². The van der Waals surface area contributed by atoms with Crippen molar-refractivity contribution in [3.05, 3.63) is 91.7 Å². The Morgan fingerprint density at radius 2 is 1.80 bits per heavy atom. The third kappa shape index (κ3) is 3.44. The van der Waals surface area contributed by atoms with Gasteiger partial charge in [-0.15, -0.1) is 0 Å². The molecule has 0 saturated carbocycles. The van der Waals surface area contributed by atoms with E-state index in [0.29, 0.717) is 35.8 Å². The first-order valence-corrected chi connectivity index (χ1v) is 10.7. The predicted molar refractivity (Wildman–Crippen MR) is 120 cm³/mol. The van der Waals surface area contributed by atoms with E-state index < -0.39 is 0 Å². The molecule has 3 aromatic rings. The van der Waals surface area contributed by atoms with Crippen LogP contribution in [0.4, 0.5) is 0 Å². The minimum absolute atomic E-state index is 0.356. The number of aromatic nitrogens is 6. The first kappa shape index (κ1) is 19.1. The molecule has 7 nitrogen and oxygen atoms in total. The first-order chi connectivity index (χ1) is 14.6. The van der Waals surface area contributed by atoms with Crippen molar-refractivity contribution in [1.82, 2.24) is 29.1 Å². The largest absolute Gasteiger partial charge is 0.350 e. The highest BCUT2D eigenvalue weighted by atomic mass is 79.9. The second-order valence-electron chi connectivity index (χ2n) is 6.79. The fourth-order valence-corrected chi connectivity index (χ4v) is 4.27. The Balaban J connectivity index is 1.59. The molecule has 0 aliphatic carbocycles. The van der Waals surface area contributed by atoms with Gasteiger partial charge in [-0.25, -0.2) is 19.7 Å². The van der Waals surface area contributed by atoms with Gasteiger partial charge in [0.2, 0.25) is 0 Å². The maximum absolute atomic E-state index is 12.7. The molecule has 2 aliphatic heterocycles. The van der Waals surface area contributed by atoms with Crippen LogP contribution in [0.25, 0.3) is 22.7 Å². The minimum Gasteiger partial charge on any atom is -0.311 e. The first-order valence-electron chi connectivity index (χ1n) is 9.14. The van der Waals surface area contributed by atoms with E-state index in [9.17, 15) is 4.79 Å². The van der Waals surface area contributed by atoms with Crippen molar-refractivity contribution in [1.29, 1.82) is 0 Å². The lowest BCUT2D eigenvalue weighted by Crippen LogP contribution is -2.17. The molecule has 0 N–H and O–H groups in total. The van der Waals surface area contributed by atoms with Gasteiger partial charge in [0.1, 0.15) is 17.5 Å². The molecule has 2 aliphatic rings. The van der Waals surface area contributed by atoms with E-state index in [1.165, 1.54) is 6.33 Å². The Kier molecular flexibility index (Phi) is 4.92. The van der Waals surface area contributed by atoms with Crippen LogP contribution in [0.5, 0.6) is 0 Å². The van der Waals surface area contributed by atoms with Crippen LogP contribution in [-0.4, -0.2) is 29.1 Å². The van der Waals surface area contributed by atoms with Gasteiger partial charge >= 0.3 is 5.69 Å². The summed E-state index contributed by atoms with van der Waals surface area (Å²) in [6, 6.07) is 15.8. The van der Waals surface area contributed by atoms with E-state index in [4.69, 9.17) is 0 Å². The SMILES string of the molecule is O=c1nc2c3ncn(Cc4ccccc4Br)c3ncnc-2n1Cc1cccc(Br)c1. The van der Waals surface area contributed by atoms with Crippen LogP contribution in [0.15, 0.2) is 74.9 Å². The molecule has 148 valence electrons. The molecule has 0 fully saturated rings. The average Bonchev–Trinajstić information content (AvgIpc) is 3.19. The Morgan fingerprint density at radius 3 is 2.63 bits per heavy atom. The molecule has 0 spiro atoms. The van der Waals surface area contributed by atoms with Crippen molar-refractivity contribution in [2.75, 3.05) is 0 Å². The van der Waals surface area contributed by atoms with Crippen LogP contribution in [0.3, 0.4) is 0 Å². The lowest BCUT2D eigenvalue weighted by molar-refractivity contribution is 0.757. The van der Waals surface area contributed by atoms with Gasteiger partial charge in [-0.2, -0.15) is 4.98 Å². The number of benzene rings is 2. The van der Waals surface area contributed by atoms with Crippen LogP contribution < -0.4 is 5.69 Å². The standard InChI is InChI=1S/C21H14Br2N6O/c22-15-6-3-4-13(8-15)9-29-20-18(27-21(29)30)17-19(24-11-25-20)28(12-26-17)10-14-5-1-2-7-16(14)23/h1-8,11-12H,9-10H2. The van der Waals surface area contributed by atoms with Crippen LogP contribution in [0, 0.1) is 0 Å². The summed E-state index contributed by atoms with van der Waals surface area (Å²) in [6.07, 6.45) is 3.18. The van der Waals surface area contributed by atoms with Crippen molar-refractivity contribution in [3.63, 3.8) is 0 Å². The number of imidazole rings is 2. The van der Waals surface area contributed by atoms with Crippen LogP contribution >= 0.6 is 31.9 Å². The number of hydrogen-bond donors (Lipinski definition) is 0. The third-order valence-electron chi connectivity index (χ3n) is 4.83. The van der Waals surface area contributed by atoms with Gasteiger partial charge in [0, 0.05) is 8.95 Å². The fourth-order valence-electron chi connectivity index (χ4n) is 3.42. The third-order valence-corrected chi connectivity index (χ3v) is 6.10. The summed E-state index contributed by atoms with van der Waals surface area (Å²) >= 11 is 7.04. The van der Waals surface area contributed by atoms with Gasteiger partial charge < -0.3 is 4.57 Å². The summed E-state index contributed by atoms with van der Waals surface area (Å²) < 4.78 is 5.43. The highest BCUT2D eigenvalue weighted by Gasteiger charge is 2.21. The number of nitrogens with zero attached hydrogens (tertiary/aromatic N) is 6. The molecule has 3 heterocycles. The van der Waals surface area contributed by atoms with Gasteiger partial charge in [0.15, 0.2) is 11.5 Å². The summed E-state index contributed by atoms with van der Waals surface area (Å²) in [4.78, 5) is 30.3. The van der Waals surface area contributed by atoms with Crippen molar-refractivity contribution in [3.8, 4) is 11.5 Å². The molecule has 5 rings (SSSR count). The molecule has 30 heavy (non-hydrogen) atoms. The van der Waals surface area contributed by atoms with E-state index in [-0.39, 0.29) is 5.69 Å². The predicted octanol–water partition coefficient (Wildman–Crippen LogP) is 4.11. The van der Waals surface area contributed by atoms with Crippen LogP contribution in [0.2, 0.25) is 0 Å². The van der Waals surface area contributed by atoms with Gasteiger partial charge in [-0.1, -0.05) is 62.2 Å². The van der Waals surface area contributed by atoms with Gasteiger partial charge in [-0.3, -0.25) is 4.57 Å². The van der Waals surface area contributed by atoms with Gasteiger partial charge in [0.05, 0.1) is 19.4 Å². The van der Waals surface area contributed by atoms with Crippen molar-refractivity contribution < 1.29 is 0 Å². The molecule has 2 aromatic carbocycles. The minimum atomic E-state index is -0.356. The zero-order chi connectivity index (χ0) is 20.7. The monoisotopic (exact) mass is 524 g/mol. The summed E-state index contributed by atoms with van der Waals surface area (Å²) in [5, 5.41) is 0. The Labute approximate surface area is 188 Å². The van der Waals surface area contributed by atoms with Gasteiger partial charge in [0.25, 0.3) is 0 Å². The van der Waals surface area contributed by atoms with E-state index in [0.717, 1.165) is 20.1 Å². The molecule has 0 radical (unpaired) electrons. The average molecular weight is 526 g/mol. The number of hydrogen-bond acceptors (Lipinski definition) is 5. The zero-order valence-electron chi connectivity index (χ0n) is 15.5. The maximum atomic E-state index is 12.7. The molecule has 0 unspecified atom stereocenters. The number of fused-ring (bicyclic) bond motifs is 3. The molecule has 0 bridgehead atoms. The zero-order valence-corrected chi connectivity index (χ0v) is 18.7. The quantitative estimate of drug-likeness (QED) is 0.353. The maximum Gasteiger partial charge on any atom is 0.350 e. The van der Waals surface area contributed by atoms with Crippen LogP contribution in [-0.2, 0) is 13.1 Å². The molecule has 0 amide bonds. The number of halogens is 2. The second kappa shape index (κ2) is 7.73.